The zero-order valence-electron chi connectivity index (χ0n) is 17.9. The second kappa shape index (κ2) is 9.30. The molecule has 2 aromatic carbocycles. The van der Waals surface area contributed by atoms with Crippen LogP contribution in [-0.4, -0.2) is 53.8 Å². The molecule has 2 heterocycles. The summed E-state index contributed by atoms with van der Waals surface area (Å²) in [7, 11) is 0. The summed E-state index contributed by atoms with van der Waals surface area (Å²) >= 11 is 0. The van der Waals surface area contributed by atoms with Crippen LogP contribution >= 0.6 is 0 Å². The molecular weight excluding hydrogens is 376 g/mol. The number of aryl methyl sites for hydroxylation is 1. The van der Waals surface area contributed by atoms with E-state index in [-0.39, 0.29) is 5.56 Å². The largest absolute Gasteiger partial charge is 0.492 e. The van der Waals surface area contributed by atoms with Gasteiger partial charge in [-0.2, -0.15) is 0 Å². The van der Waals surface area contributed by atoms with E-state index >= 15 is 0 Å². The molecule has 0 amide bonds. The maximum atomic E-state index is 13.0. The van der Waals surface area contributed by atoms with Gasteiger partial charge in [-0.15, -0.1) is 0 Å². The first-order valence-corrected chi connectivity index (χ1v) is 10.9. The van der Waals surface area contributed by atoms with E-state index in [4.69, 9.17) is 9.72 Å². The van der Waals surface area contributed by atoms with Crippen molar-refractivity contribution in [2.75, 3.05) is 44.2 Å². The van der Waals surface area contributed by atoms with Crippen molar-refractivity contribution in [1.29, 1.82) is 0 Å². The summed E-state index contributed by atoms with van der Waals surface area (Å²) in [5.41, 5.74) is 2.03. The number of fused-ring (bicyclic) bond motifs is 1. The molecule has 158 valence electrons. The highest BCUT2D eigenvalue weighted by Crippen LogP contribution is 2.28. The summed E-state index contributed by atoms with van der Waals surface area (Å²) in [6.07, 6.45) is 0.752. The summed E-state index contributed by atoms with van der Waals surface area (Å²) in [5, 5.41) is 0.701. The average Bonchev–Trinajstić information content (AvgIpc) is 2.79. The Morgan fingerprint density at radius 1 is 0.933 bits per heavy atom. The molecule has 3 aromatic rings. The van der Waals surface area contributed by atoms with Crippen LogP contribution in [0.4, 0.5) is 5.69 Å². The Bertz CT molecular complexity index is 1050. The molecule has 0 saturated carbocycles. The van der Waals surface area contributed by atoms with Gasteiger partial charge in [0.25, 0.3) is 5.56 Å². The first-order chi connectivity index (χ1) is 14.7. The van der Waals surface area contributed by atoms with Crippen molar-refractivity contribution in [3.63, 3.8) is 0 Å². The van der Waals surface area contributed by atoms with E-state index < -0.39 is 0 Å². The lowest BCUT2D eigenvalue weighted by atomic mass is 10.2. The molecule has 4 rings (SSSR count). The number of hydrogen-bond donors (Lipinski definition) is 0. The number of aromatic nitrogens is 2. The molecule has 0 spiro atoms. The quantitative estimate of drug-likeness (QED) is 0.603. The van der Waals surface area contributed by atoms with Crippen molar-refractivity contribution >= 4 is 16.6 Å². The maximum absolute atomic E-state index is 13.0. The van der Waals surface area contributed by atoms with Gasteiger partial charge in [0.1, 0.15) is 11.6 Å². The van der Waals surface area contributed by atoms with E-state index in [0.717, 1.165) is 56.2 Å². The lowest BCUT2D eigenvalue weighted by Gasteiger charge is -2.36. The molecule has 1 aliphatic rings. The maximum Gasteiger partial charge on any atom is 0.261 e. The van der Waals surface area contributed by atoms with E-state index in [1.165, 1.54) is 5.69 Å². The van der Waals surface area contributed by atoms with Gasteiger partial charge in [0.05, 0.1) is 23.2 Å². The van der Waals surface area contributed by atoms with Crippen molar-refractivity contribution in [1.82, 2.24) is 14.5 Å². The molecule has 30 heavy (non-hydrogen) atoms. The third-order valence-corrected chi connectivity index (χ3v) is 5.77. The van der Waals surface area contributed by atoms with Crippen LogP contribution in [0.1, 0.15) is 19.7 Å². The first kappa shape index (κ1) is 20.4. The minimum atomic E-state index is 0.0710. The highest BCUT2D eigenvalue weighted by Gasteiger charge is 2.20. The second-order valence-corrected chi connectivity index (χ2v) is 7.58. The van der Waals surface area contributed by atoms with Crippen LogP contribution in [0.2, 0.25) is 0 Å². The van der Waals surface area contributed by atoms with Gasteiger partial charge >= 0.3 is 0 Å². The molecule has 6 nitrogen and oxygen atoms in total. The molecule has 1 aromatic heterocycles. The van der Waals surface area contributed by atoms with E-state index in [2.05, 4.69) is 28.9 Å². The zero-order valence-corrected chi connectivity index (χ0v) is 17.9. The number of piperazine rings is 1. The summed E-state index contributed by atoms with van der Waals surface area (Å²) in [6, 6.07) is 15.9. The molecule has 0 aliphatic carbocycles. The van der Waals surface area contributed by atoms with Gasteiger partial charge in [-0.1, -0.05) is 31.2 Å². The molecule has 1 fully saturated rings. The lowest BCUT2D eigenvalue weighted by molar-refractivity contribution is 0.245. The molecule has 0 N–H and O–H groups in total. The molecule has 1 saturated heterocycles. The van der Waals surface area contributed by atoms with Gasteiger partial charge in [-0.25, -0.2) is 4.98 Å². The zero-order chi connectivity index (χ0) is 20.9. The molecule has 0 atom stereocenters. The van der Waals surface area contributed by atoms with E-state index in [1.807, 2.05) is 47.9 Å². The van der Waals surface area contributed by atoms with Crippen molar-refractivity contribution in [2.45, 2.75) is 26.8 Å². The monoisotopic (exact) mass is 406 g/mol. The number of benzene rings is 2. The van der Waals surface area contributed by atoms with Crippen molar-refractivity contribution in [3.8, 4) is 5.75 Å². The highest BCUT2D eigenvalue weighted by molar-refractivity contribution is 5.77. The fourth-order valence-electron chi connectivity index (χ4n) is 4.16. The molecular formula is C24H30N4O2. The van der Waals surface area contributed by atoms with Crippen molar-refractivity contribution < 1.29 is 4.74 Å². The Balaban J connectivity index is 1.42. The summed E-state index contributed by atoms with van der Waals surface area (Å²) in [4.78, 5) is 22.5. The summed E-state index contributed by atoms with van der Waals surface area (Å²) < 4.78 is 7.66. The number of nitrogens with zero attached hydrogens (tertiary/aromatic N) is 4. The Labute approximate surface area is 177 Å². The van der Waals surface area contributed by atoms with Crippen molar-refractivity contribution in [2.24, 2.45) is 0 Å². The predicted octanol–water partition coefficient (Wildman–Crippen LogP) is 3.18. The number of rotatable bonds is 7. The van der Waals surface area contributed by atoms with Crippen LogP contribution in [0, 0.1) is 0 Å². The summed E-state index contributed by atoms with van der Waals surface area (Å²) in [5.74, 6) is 1.82. The predicted molar refractivity (Wildman–Crippen MR) is 122 cm³/mol. The molecule has 0 bridgehead atoms. The fourth-order valence-corrected chi connectivity index (χ4v) is 4.16. The smallest absolute Gasteiger partial charge is 0.261 e. The Morgan fingerprint density at radius 3 is 2.43 bits per heavy atom. The van der Waals surface area contributed by atoms with Gasteiger partial charge < -0.3 is 9.64 Å². The Hall–Kier alpha value is -2.86. The van der Waals surface area contributed by atoms with Gasteiger partial charge in [-0.05, 0) is 31.2 Å². The Kier molecular flexibility index (Phi) is 6.33. The van der Waals surface area contributed by atoms with Crippen LogP contribution < -0.4 is 15.2 Å². The standard InChI is InChI=1S/C24H30N4O2/c1-3-23-25-20-10-6-5-9-19(20)24(29)28(23)18-15-26-13-16-27(17-14-26)21-11-7-8-12-22(21)30-4-2/h5-12H,3-4,13-18H2,1-2H3. The molecule has 1 aliphatic heterocycles. The van der Waals surface area contributed by atoms with E-state index in [1.54, 1.807) is 0 Å². The van der Waals surface area contributed by atoms with Crippen LogP contribution in [0.25, 0.3) is 10.9 Å². The second-order valence-electron chi connectivity index (χ2n) is 7.58. The normalized spacial score (nSPS) is 14.9. The number of anilines is 1. The number of ether oxygens (including phenoxy) is 1. The minimum Gasteiger partial charge on any atom is -0.492 e. The van der Waals surface area contributed by atoms with Crippen LogP contribution in [0.3, 0.4) is 0 Å². The highest BCUT2D eigenvalue weighted by atomic mass is 16.5. The third kappa shape index (κ3) is 4.19. The molecule has 0 unspecified atom stereocenters. The molecule has 6 heteroatoms. The molecule has 0 radical (unpaired) electrons. The number of hydrogen-bond acceptors (Lipinski definition) is 5. The van der Waals surface area contributed by atoms with Crippen LogP contribution in [0.5, 0.6) is 5.75 Å². The van der Waals surface area contributed by atoms with E-state index in [0.29, 0.717) is 18.5 Å². The average molecular weight is 407 g/mol. The van der Waals surface area contributed by atoms with Gasteiger partial charge in [-0.3, -0.25) is 14.3 Å². The van der Waals surface area contributed by atoms with Gasteiger partial charge in [0, 0.05) is 45.7 Å². The van der Waals surface area contributed by atoms with Crippen LogP contribution in [-0.2, 0) is 13.0 Å². The van der Waals surface area contributed by atoms with Gasteiger partial charge in [0.2, 0.25) is 0 Å². The minimum absolute atomic E-state index is 0.0710. The topological polar surface area (TPSA) is 50.6 Å². The van der Waals surface area contributed by atoms with Crippen LogP contribution in [0.15, 0.2) is 53.3 Å². The fraction of sp³-hybridized carbons (Fsp3) is 0.417. The number of para-hydroxylation sites is 3. The Morgan fingerprint density at radius 2 is 1.67 bits per heavy atom. The van der Waals surface area contributed by atoms with Crippen molar-refractivity contribution in [3.05, 3.63) is 64.7 Å². The summed E-state index contributed by atoms with van der Waals surface area (Å²) in [6.45, 7) is 10.1. The lowest BCUT2D eigenvalue weighted by Crippen LogP contribution is -2.47. The van der Waals surface area contributed by atoms with Gasteiger partial charge in [0.15, 0.2) is 0 Å². The SMILES string of the molecule is CCOc1ccccc1N1CCN(CCn2c(CC)nc3ccccc3c2=O)CC1. The first-order valence-electron chi connectivity index (χ1n) is 10.9. The van der Waals surface area contributed by atoms with E-state index in [9.17, 15) is 4.79 Å². The third-order valence-electron chi connectivity index (χ3n) is 5.77.